The van der Waals surface area contributed by atoms with Crippen molar-refractivity contribution in [3.63, 3.8) is 0 Å². The molecule has 4 rings (SSSR count). The van der Waals surface area contributed by atoms with Gasteiger partial charge in [-0.3, -0.25) is 4.79 Å². The molecule has 3 heterocycles. The van der Waals surface area contributed by atoms with Gasteiger partial charge < -0.3 is 15.5 Å². The summed E-state index contributed by atoms with van der Waals surface area (Å²) in [6, 6.07) is 10.5. The molecule has 0 bridgehead atoms. The molecule has 2 aliphatic rings. The maximum absolute atomic E-state index is 12.8. The molecule has 2 aromatic rings. The topological polar surface area (TPSA) is 75.1 Å². The highest BCUT2D eigenvalue weighted by atomic mass is 35.5. The van der Waals surface area contributed by atoms with Crippen LogP contribution in [0.15, 0.2) is 36.5 Å². The molecule has 1 amide bonds. The van der Waals surface area contributed by atoms with Gasteiger partial charge in [-0.25, -0.2) is 4.68 Å². The van der Waals surface area contributed by atoms with Crippen molar-refractivity contribution in [2.75, 3.05) is 32.7 Å². The molecule has 0 radical (unpaired) electrons. The zero-order valence-electron chi connectivity index (χ0n) is 16.5. The van der Waals surface area contributed by atoms with Gasteiger partial charge in [-0.1, -0.05) is 35.5 Å². The summed E-state index contributed by atoms with van der Waals surface area (Å²) >= 11 is 0. The van der Waals surface area contributed by atoms with Crippen LogP contribution < -0.4 is 10.6 Å². The van der Waals surface area contributed by atoms with Gasteiger partial charge in [-0.2, -0.15) is 0 Å². The molecule has 2 saturated heterocycles. The van der Waals surface area contributed by atoms with Gasteiger partial charge in [-0.05, 0) is 57.4 Å². The van der Waals surface area contributed by atoms with Crippen LogP contribution in [0.5, 0.6) is 0 Å². The van der Waals surface area contributed by atoms with Crippen LogP contribution in [0.4, 0.5) is 0 Å². The van der Waals surface area contributed by atoms with Gasteiger partial charge in [0, 0.05) is 6.54 Å². The van der Waals surface area contributed by atoms with Crippen LogP contribution in [0, 0.1) is 0 Å². The quantitative estimate of drug-likeness (QED) is 0.721. The van der Waals surface area contributed by atoms with E-state index in [1.165, 1.54) is 12.8 Å². The maximum atomic E-state index is 12.8. The molecule has 1 atom stereocenters. The molecular weight excluding hydrogens is 411 g/mol. The number of piperidine rings is 1. The van der Waals surface area contributed by atoms with Gasteiger partial charge in [0.15, 0.2) is 5.69 Å². The summed E-state index contributed by atoms with van der Waals surface area (Å²) in [5.74, 6) is -0.150. The zero-order valence-corrected chi connectivity index (χ0v) is 18.1. The van der Waals surface area contributed by atoms with E-state index in [1.807, 2.05) is 22.9 Å². The first-order valence-electron chi connectivity index (χ1n) is 10.0. The van der Waals surface area contributed by atoms with Gasteiger partial charge in [0.1, 0.15) is 0 Å². The molecule has 2 N–H and O–H groups in total. The van der Waals surface area contributed by atoms with Crippen molar-refractivity contribution >= 4 is 30.7 Å². The van der Waals surface area contributed by atoms with E-state index in [9.17, 15) is 4.79 Å². The van der Waals surface area contributed by atoms with Crippen LogP contribution in [0.25, 0.3) is 0 Å². The van der Waals surface area contributed by atoms with Crippen LogP contribution >= 0.6 is 24.8 Å². The number of nitrogens with one attached hydrogen (secondary N) is 2. The SMILES string of the molecule is Cl.Cl.O=C(NC(CN1CCCC1)c1ccccc1)c1cn(C2CCNCC2)nn1. The van der Waals surface area contributed by atoms with E-state index in [-0.39, 0.29) is 36.8 Å². The molecule has 7 nitrogen and oxygen atoms in total. The Morgan fingerprint density at radius 1 is 1.14 bits per heavy atom. The minimum absolute atomic E-state index is 0. The predicted molar refractivity (Wildman–Crippen MR) is 118 cm³/mol. The second-order valence-corrected chi connectivity index (χ2v) is 7.51. The Morgan fingerprint density at radius 3 is 2.52 bits per heavy atom. The molecular formula is C20H30Cl2N6O. The number of carbonyl (C=O) groups excluding carboxylic acids is 1. The van der Waals surface area contributed by atoms with Crippen molar-refractivity contribution in [2.24, 2.45) is 0 Å². The van der Waals surface area contributed by atoms with Crippen molar-refractivity contribution in [2.45, 2.75) is 37.8 Å². The normalized spacial score (nSPS) is 18.5. The number of aromatic nitrogens is 3. The average molecular weight is 441 g/mol. The summed E-state index contributed by atoms with van der Waals surface area (Å²) in [5.41, 5.74) is 1.53. The number of hydrogen-bond donors (Lipinski definition) is 2. The Kier molecular flexibility index (Phi) is 9.36. The standard InChI is InChI=1S/C20H28N6O.2ClH/c27-20(19-15-26(24-23-19)17-8-10-21-11-9-17)22-18(14-25-12-4-5-13-25)16-6-2-1-3-7-16;;/h1-3,6-7,15,17-18,21H,4-5,8-14H2,(H,22,27);2*1H. The molecule has 9 heteroatoms. The molecule has 29 heavy (non-hydrogen) atoms. The average Bonchev–Trinajstić information content (AvgIpc) is 3.41. The third-order valence-electron chi connectivity index (χ3n) is 5.57. The van der Waals surface area contributed by atoms with Crippen LogP contribution in [0.2, 0.25) is 0 Å². The predicted octanol–water partition coefficient (Wildman–Crippen LogP) is 2.61. The van der Waals surface area contributed by atoms with Gasteiger partial charge in [-0.15, -0.1) is 29.9 Å². The molecule has 0 spiro atoms. The molecule has 0 aliphatic carbocycles. The van der Waals surface area contributed by atoms with Crippen LogP contribution in [0.3, 0.4) is 0 Å². The lowest BCUT2D eigenvalue weighted by molar-refractivity contribution is 0.0922. The first-order valence-corrected chi connectivity index (χ1v) is 10.0. The van der Waals surface area contributed by atoms with E-state index in [4.69, 9.17) is 0 Å². The summed E-state index contributed by atoms with van der Waals surface area (Å²) in [4.78, 5) is 15.3. The highest BCUT2D eigenvalue weighted by Crippen LogP contribution is 2.19. The third kappa shape index (κ3) is 6.15. The number of halogens is 2. The van der Waals surface area contributed by atoms with Crippen molar-refractivity contribution in [3.05, 3.63) is 47.8 Å². The Morgan fingerprint density at radius 2 is 1.83 bits per heavy atom. The van der Waals surface area contributed by atoms with Crippen LogP contribution in [-0.2, 0) is 0 Å². The van der Waals surface area contributed by atoms with Crippen LogP contribution in [0.1, 0.15) is 53.8 Å². The molecule has 1 aromatic carbocycles. The number of likely N-dealkylation sites (tertiary alicyclic amines) is 1. The van der Waals surface area contributed by atoms with Gasteiger partial charge in [0.05, 0.1) is 18.3 Å². The number of hydrogen-bond acceptors (Lipinski definition) is 5. The second kappa shape index (κ2) is 11.5. The molecule has 0 saturated carbocycles. The first-order chi connectivity index (χ1) is 13.3. The number of nitrogens with zero attached hydrogens (tertiary/aromatic N) is 4. The minimum Gasteiger partial charge on any atom is -0.342 e. The molecule has 1 aromatic heterocycles. The highest BCUT2D eigenvalue weighted by molar-refractivity contribution is 5.92. The van der Waals surface area contributed by atoms with E-state index in [0.717, 1.165) is 51.1 Å². The Hall–Kier alpha value is -1.67. The maximum Gasteiger partial charge on any atom is 0.273 e. The summed E-state index contributed by atoms with van der Waals surface area (Å²) in [7, 11) is 0. The van der Waals surface area contributed by atoms with Crippen LogP contribution in [-0.4, -0.2) is 58.5 Å². The largest absolute Gasteiger partial charge is 0.342 e. The lowest BCUT2D eigenvalue weighted by Gasteiger charge is -2.24. The summed E-state index contributed by atoms with van der Waals surface area (Å²) in [6.07, 6.45) is 6.31. The van der Waals surface area contributed by atoms with Gasteiger partial charge in [0.2, 0.25) is 0 Å². The highest BCUT2D eigenvalue weighted by Gasteiger charge is 2.23. The van der Waals surface area contributed by atoms with E-state index in [2.05, 4.69) is 38.0 Å². The van der Waals surface area contributed by atoms with Crippen molar-refractivity contribution < 1.29 is 4.79 Å². The molecule has 2 aliphatic heterocycles. The molecule has 160 valence electrons. The summed E-state index contributed by atoms with van der Waals surface area (Å²) in [6.45, 7) is 5.00. The number of amides is 1. The van der Waals surface area contributed by atoms with E-state index in [1.54, 1.807) is 6.20 Å². The fourth-order valence-electron chi connectivity index (χ4n) is 4.01. The Bertz CT molecular complexity index is 744. The van der Waals surface area contributed by atoms with E-state index in [0.29, 0.717) is 11.7 Å². The van der Waals surface area contributed by atoms with Gasteiger partial charge in [0.25, 0.3) is 5.91 Å². The smallest absolute Gasteiger partial charge is 0.273 e. The molecule has 2 fully saturated rings. The Labute approximate surface area is 184 Å². The summed E-state index contributed by atoms with van der Waals surface area (Å²) < 4.78 is 1.85. The first kappa shape index (κ1) is 23.6. The lowest BCUT2D eigenvalue weighted by atomic mass is 10.1. The number of benzene rings is 1. The summed E-state index contributed by atoms with van der Waals surface area (Å²) in [5, 5.41) is 14.9. The van der Waals surface area contributed by atoms with Crippen molar-refractivity contribution in [1.82, 2.24) is 30.5 Å². The number of carbonyl (C=O) groups is 1. The van der Waals surface area contributed by atoms with E-state index >= 15 is 0 Å². The monoisotopic (exact) mass is 440 g/mol. The fourth-order valence-corrected chi connectivity index (χ4v) is 4.01. The minimum atomic E-state index is -0.150. The van der Waals surface area contributed by atoms with Crippen molar-refractivity contribution in [1.29, 1.82) is 0 Å². The lowest BCUT2D eigenvalue weighted by Crippen LogP contribution is -2.37. The van der Waals surface area contributed by atoms with E-state index < -0.39 is 0 Å². The zero-order chi connectivity index (χ0) is 18.5. The molecule has 1 unspecified atom stereocenters. The van der Waals surface area contributed by atoms with Gasteiger partial charge >= 0.3 is 0 Å². The fraction of sp³-hybridized carbons (Fsp3) is 0.550. The van der Waals surface area contributed by atoms with Crippen molar-refractivity contribution in [3.8, 4) is 0 Å². The third-order valence-corrected chi connectivity index (χ3v) is 5.57. The Balaban J connectivity index is 0.00000150. The number of rotatable bonds is 6. The second-order valence-electron chi connectivity index (χ2n) is 7.51.